The van der Waals surface area contributed by atoms with Gasteiger partial charge in [0.1, 0.15) is 5.78 Å². The van der Waals surface area contributed by atoms with E-state index in [2.05, 4.69) is 0 Å². The number of carbonyl (C=O) groups excluding carboxylic acids is 1. The van der Waals surface area contributed by atoms with Crippen molar-refractivity contribution in [3.05, 3.63) is 23.8 Å². The molecule has 0 heterocycles. The van der Waals surface area contributed by atoms with Gasteiger partial charge in [-0.2, -0.15) is 0 Å². The van der Waals surface area contributed by atoms with Gasteiger partial charge in [-0.1, -0.05) is 33.8 Å². The van der Waals surface area contributed by atoms with Crippen LogP contribution in [0.3, 0.4) is 0 Å². The van der Waals surface area contributed by atoms with E-state index in [1.165, 1.54) is 13.8 Å². The Kier molecular flexibility index (Phi) is 17.8. The number of benzene rings is 1. The first-order chi connectivity index (χ1) is 7.93. The van der Waals surface area contributed by atoms with Crippen LogP contribution in [0.5, 0.6) is 0 Å². The Bertz CT molecular complexity index is 292. The molecule has 100 valence electrons. The summed E-state index contributed by atoms with van der Waals surface area (Å²) in [6, 6.07) is 5.60. The maximum Gasteiger partial charge on any atom is 0.126 e. The summed E-state index contributed by atoms with van der Waals surface area (Å²) in [7, 11) is 0. The number of nitrogen functional groups attached to an aromatic ring is 2. The molecule has 1 aromatic rings. The Balaban J connectivity index is -0.000000208. The van der Waals surface area contributed by atoms with E-state index in [1.807, 2.05) is 52.8 Å². The van der Waals surface area contributed by atoms with Gasteiger partial charge in [-0.15, -0.1) is 0 Å². The third-order valence-electron chi connectivity index (χ3n) is 1.24. The van der Waals surface area contributed by atoms with E-state index in [0.29, 0.717) is 11.4 Å². The lowest BCUT2D eigenvalue weighted by Crippen LogP contribution is -1.93. The predicted octanol–water partition coefficient (Wildman–Crippen LogP) is 3.81. The Labute approximate surface area is 106 Å². The Hall–Kier alpha value is -1.51. The molecule has 1 aromatic carbocycles. The van der Waals surface area contributed by atoms with Crippen molar-refractivity contribution in [1.29, 1.82) is 0 Å². The van der Waals surface area contributed by atoms with Crippen molar-refractivity contribution >= 4 is 17.2 Å². The molecule has 3 nitrogen and oxygen atoms in total. The summed E-state index contributed by atoms with van der Waals surface area (Å²) in [5.41, 5.74) is 13.4. The lowest BCUT2D eigenvalue weighted by Gasteiger charge is -1.98. The highest BCUT2D eigenvalue weighted by Crippen LogP contribution is 2.14. The molecule has 0 radical (unpaired) electrons. The molecule has 1 rings (SSSR count). The summed E-state index contributed by atoms with van der Waals surface area (Å²) in [5.74, 6) is 0.167. The summed E-state index contributed by atoms with van der Waals surface area (Å²) >= 11 is 0. The fourth-order valence-corrected chi connectivity index (χ4v) is 0.694. The topological polar surface area (TPSA) is 69.1 Å². The molecule has 0 saturated heterocycles. The SMILES string of the molecule is CC.CC.CC(C)=O.Cc1ccc(N)c(N)c1. The van der Waals surface area contributed by atoms with Gasteiger partial charge in [-0.3, -0.25) is 0 Å². The van der Waals surface area contributed by atoms with E-state index in [0.717, 1.165) is 5.56 Å². The average Bonchev–Trinajstić information content (AvgIpc) is 2.29. The number of hydrogen-bond acceptors (Lipinski definition) is 3. The van der Waals surface area contributed by atoms with Gasteiger partial charge < -0.3 is 16.3 Å². The highest BCUT2D eigenvalue weighted by molar-refractivity contribution is 5.72. The first-order valence-electron chi connectivity index (χ1n) is 6.02. The molecule has 0 aromatic heterocycles. The highest BCUT2D eigenvalue weighted by atomic mass is 16.1. The van der Waals surface area contributed by atoms with Gasteiger partial charge in [-0.05, 0) is 38.5 Å². The van der Waals surface area contributed by atoms with E-state index in [-0.39, 0.29) is 5.78 Å². The van der Waals surface area contributed by atoms with Gasteiger partial charge in [0, 0.05) is 0 Å². The van der Waals surface area contributed by atoms with E-state index in [4.69, 9.17) is 11.5 Å². The molecule has 0 aliphatic rings. The molecule has 4 N–H and O–H groups in total. The summed E-state index contributed by atoms with van der Waals surface area (Å²) in [5, 5.41) is 0. The second kappa shape index (κ2) is 14.5. The summed E-state index contributed by atoms with van der Waals surface area (Å²) in [6.07, 6.45) is 0. The van der Waals surface area contributed by atoms with Crippen LogP contribution in [-0.2, 0) is 4.79 Å². The largest absolute Gasteiger partial charge is 0.397 e. The highest BCUT2D eigenvalue weighted by Gasteiger charge is 1.90. The monoisotopic (exact) mass is 240 g/mol. The van der Waals surface area contributed by atoms with Crippen molar-refractivity contribution in [2.24, 2.45) is 0 Å². The molecule has 17 heavy (non-hydrogen) atoms. The van der Waals surface area contributed by atoms with Gasteiger partial charge >= 0.3 is 0 Å². The molecule has 0 unspecified atom stereocenters. The summed E-state index contributed by atoms with van der Waals surface area (Å²) < 4.78 is 0. The zero-order valence-electron chi connectivity index (χ0n) is 12.3. The van der Waals surface area contributed by atoms with Crippen LogP contribution in [0.4, 0.5) is 11.4 Å². The number of Topliss-reactive ketones (excluding diaryl/α,β-unsaturated/α-hetero) is 1. The lowest BCUT2D eigenvalue weighted by molar-refractivity contribution is -0.114. The minimum absolute atomic E-state index is 0.167. The van der Waals surface area contributed by atoms with Crippen molar-refractivity contribution in [3.8, 4) is 0 Å². The van der Waals surface area contributed by atoms with Crippen molar-refractivity contribution in [2.45, 2.75) is 48.5 Å². The van der Waals surface area contributed by atoms with Crippen LogP contribution < -0.4 is 11.5 Å². The molecule has 0 fully saturated rings. The number of anilines is 2. The fourth-order valence-electron chi connectivity index (χ4n) is 0.694. The van der Waals surface area contributed by atoms with Crippen LogP contribution in [0.15, 0.2) is 18.2 Å². The van der Waals surface area contributed by atoms with Gasteiger partial charge in [0.2, 0.25) is 0 Å². The number of aryl methyl sites for hydroxylation is 1. The first kappa shape index (κ1) is 20.8. The fraction of sp³-hybridized carbons (Fsp3) is 0.500. The Morgan fingerprint density at radius 1 is 0.941 bits per heavy atom. The Morgan fingerprint density at radius 3 is 1.53 bits per heavy atom. The lowest BCUT2D eigenvalue weighted by atomic mass is 10.2. The van der Waals surface area contributed by atoms with Crippen LogP contribution in [0.2, 0.25) is 0 Å². The van der Waals surface area contributed by atoms with Gasteiger partial charge in [-0.25, -0.2) is 0 Å². The van der Waals surface area contributed by atoms with Crippen molar-refractivity contribution in [1.82, 2.24) is 0 Å². The number of ketones is 1. The molecule has 0 aliphatic heterocycles. The second-order valence-electron chi connectivity index (χ2n) is 3.04. The second-order valence-corrected chi connectivity index (χ2v) is 3.04. The Morgan fingerprint density at radius 2 is 1.29 bits per heavy atom. The minimum Gasteiger partial charge on any atom is -0.397 e. The van der Waals surface area contributed by atoms with E-state index in [9.17, 15) is 4.79 Å². The molecular formula is C14H28N2O. The predicted molar refractivity (Wildman–Crippen MR) is 79.1 cm³/mol. The molecule has 0 spiro atoms. The maximum atomic E-state index is 9.44. The number of hydrogen-bond donors (Lipinski definition) is 2. The van der Waals surface area contributed by atoms with Crippen LogP contribution in [0.25, 0.3) is 0 Å². The van der Waals surface area contributed by atoms with Crippen LogP contribution in [0, 0.1) is 6.92 Å². The third-order valence-corrected chi connectivity index (χ3v) is 1.24. The van der Waals surface area contributed by atoms with Gasteiger partial charge in [0.15, 0.2) is 0 Å². The van der Waals surface area contributed by atoms with E-state index in [1.54, 1.807) is 0 Å². The van der Waals surface area contributed by atoms with Crippen LogP contribution in [-0.4, -0.2) is 5.78 Å². The van der Waals surface area contributed by atoms with E-state index >= 15 is 0 Å². The normalized spacial score (nSPS) is 7.24. The molecule has 3 heteroatoms. The van der Waals surface area contributed by atoms with E-state index < -0.39 is 0 Å². The van der Waals surface area contributed by atoms with Crippen LogP contribution in [0.1, 0.15) is 47.1 Å². The molecule has 0 atom stereocenters. The molecule has 0 saturated carbocycles. The molecule has 0 amide bonds. The zero-order chi connectivity index (χ0) is 14.4. The average molecular weight is 240 g/mol. The molecular weight excluding hydrogens is 212 g/mol. The van der Waals surface area contributed by atoms with Crippen molar-refractivity contribution in [3.63, 3.8) is 0 Å². The quantitative estimate of drug-likeness (QED) is 0.677. The molecule has 0 aliphatic carbocycles. The standard InChI is InChI=1S/C7H10N2.C3H6O.2C2H6/c1-5-2-3-6(8)7(9)4-5;1-3(2)4;2*1-2/h2-4H,8-9H2,1H3;1-2H3;2*1-2H3. The first-order valence-corrected chi connectivity index (χ1v) is 6.02. The summed E-state index contributed by atoms with van der Waals surface area (Å²) in [6.45, 7) is 13.0. The number of rotatable bonds is 0. The van der Waals surface area contributed by atoms with Crippen molar-refractivity contribution in [2.75, 3.05) is 11.5 Å². The molecule has 0 bridgehead atoms. The summed E-state index contributed by atoms with van der Waals surface area (Å²) in [4.78, 5) is 9.44. The maximum absolute atomic E-state index is 9.44. The smallest absolute Gasteiger partial charge is 0.126 e. The van der Waals surface area contributed by atoms with Gasteiger partial charge in [0.05, 0.1) is 11.4 Å². The van der Waals surface area contributed by atoms with Gasteiger partial charge in [0.25, 0.3) is 0 Å². The third kappa shape index (κ3) is 17.1. The minimum atomic E-state index is 0.167. The number of nitrogens with two attached hydrogens (primary N) is 2. The number of carbonyl (C=O) groups is 1. The van der Waals surface area contributed by atoms with Crippen molar-refractivity contribution < 1.29 is 4.79 Å². The zero-order valence-corrected chi connectivity index (χ0v) is 12.3. The van der Waals surface area contributed by atoms with Crippen LogP contribution >= 0.6 is 0 Å².